The van der Waals surface area contributed by atoms with Gasteiger partial charge in [-0.1, -0.05) is 82.3 Å². The molecule has 0 radical (unpaired) electrons. The van der Waals surface area contributed by atoms with Crippen LogP contribution in [0.1, 0.15) is 84.2 Å². The number of hydrogen-bond donors (Lipinski definition) is 0. The van der Waals surface area contributed by atoms with Crippen LogP contribution in [0.4, 0.5) is 32.0 Å². The molecule has 302 valence electrons. The minimum absolute atomic E-state index is 0.0833. The maximum absolute atomic E-state index is 15.4. The molecule has 0 saturated heterocycles. The molecule has 0 aliphatic carbocycles. The monoisotopic (exact) mass is 799 g/mol. The van der Waals surface area contributed by atoms with E-state index in [9.17, 15) is 17.6 Å². The van der Waals surface area contributed by atoms with Crippen LogP contribution in [0.15, 0.2) is 77.8 Å². The summed E-state index contributed by atoms with van der Waals surface area (Å²) in [6.07, 6.45) is 5.55. The Morgan fingerprint density at radius 3 is 2.20 bits per heavy atom. The fourth-order valence-corrected chi connectivity index (χ4v) is 7.51. The van der Waals surface area contributed by atoms with Crippen molar-refractivity contribution in [3.8, 4) is 5.75 Å². The summed E-state index contributed by atoms with van der Waals surface area (Å²) in [6, 6.07) is 14.4. The van der Waals surface area contributed by atoms with Crippen molar-refractivity contribution in [2.24, 2.45) is 5.18 Å². The van der Waals surface area contributed by atoms with E-state index in [0.29, 0.717) is 24.1 Å². The average Bonchev–Trinajstić information content (AvgIpc) is 3.13. The lowest BCUT2D eigenvalue weighted by Crippen LogP contribution is -2.29. The van der Waals surface area contributed by atoms with Gasteiger partial charge in [-0.2, -0.15) is 13.7 Å². The average molecular weight is 800 g/mol. The lowest BCUT2D eigenvalue weighted by atomic mass is 9.84. The summed E-state index contributed by atoms with van der Waals surface area (Å²) in [7, 11) is 5.04. The van der Waals surface area contributed by atoms with Crippen LogP contribution in [0.3, 0.4) is 0 Å². The van der Waals surface area contributed by atoms with Gasteiger partial charge in [0.2, 0.25) is 0 Å². The fraction of sp³-hybridized carbons (Fsp3) is 0.364. The first-order valence-corrected chi connectivity index (χ1v) is 18.8. The van der Waals surface area contributed by atoms with Gasteiger partial charge in [0.15, 0.2) is 11.6 Å². The fourth-order valence-electron chi connectivity index (χ4n) is 6.34. The Hall–Kier alpha value is -4.55. The first-order chi connectivity index (χ1) is 26.3. The number of anilines is 1. The van der Waals surface area contributed by atoms with Crippen molar-refractivity contribution in [2.45, 2.75) is 83.7 Å². The Kier molecular flexibility index (Phi) is 16.0. The Balaban J connectivity index is 0.000000281. The highest BCUT2D eigenvalue weighted by atomic mass is 32.2. The molecule has 4 aromatic rings. The third-order valence-corrected chi connectivity index (χ3v) is 10.4. The minimum Gasteiger partial charge on any atom is -0.495 e. The summed E-state index contributed by atoms with van der Waals surface area (Å²) in [4.78, 5) is 10.2. The summed E-state index contributed by atoms with van der Waals surface area (Å²) in [5.74, 6) is -7.96. The minimum atomic E-state index is -3.91. The quantitative estimate of drug-likeness (QED) is 0.0730. The van der Waals surface area contributed by atoms with Gasteiger partial charge < -0.3 is 9.64 Å². The zero-order chi connectivity index (χ0) is 42.1. The van der Waals surface area contributed by atoms with E-state index in [1.165, 1.54) is 54.4 Å². The van der Waals surface area contributed by atoms with E-state index in [2.05, 4.69) is 88.3 Å². The molecule has 0 N–H and O–H groups in total. The molecule has 1 aliphatic heterocycles. The van der Waals surface area contributed by atoms with Crippen LogP contribution in [0.25, 0.3) is 6.08 Å². The van der Waals surface area contributed by atoms with Gasteiger partial charge in [-0.15, -0.1) is 6.58 Å². The standard InChI is InChI=1S/C24H33NO.C19H15F6NS.CH3NO/c1-8-10-19-13-20(15-21(14-19)24(3,4)5)17-25(6)22-12-11-18(9-2)16-23(22)26-7;1-4-5-26-8-12-13(6-11(20)7-14(12)21)19(24,25)15-9(2)10(3)16(22)17(23)18(15)27-26;1-2-3/h9,11-16H,2,8,10,17H2,1,3-7H3;4,6-7H,1,5,8H2,2-3H3;1H3. The molecule has 0 amide bonds. The van der Waals surface area contributed by atoms with Crippen LogP contribution in [0, 0.1) is 42.0 Å². The Labute approximate surface area is 331 Å². The van der Waals surface area contributed by atoms with Crippen molar-refractivity contribution in [3.05, 3.63) is 146 Å². The number of benzene rings is 4. The van der Waals surface area contributed by atoms with Crippen LogP contribution in [0.5, 0.6) is 5.75 Å². The third-order valence-electron chi connectivity index (χ3n) is 9.31. The zero-order valence-electron chi connectivity index (χ0n) is 33.6. The molecular weight excluding hydrogens is 749 g/mol. The zero-order valence-corrected chi connectivity index (χ0v) is 34.4. The predicted octanol–water partition coefficient (Wildman–Crippen LogP) is 12.6. The van der Waals surface area contributed by atoms with E-state index in [1.807, 2.05) is 12.1 Å². The van der Waals surface area contributed by atoms with Gasteiger partial charge in [0.1, 0.15) is 17.4 Å². The molecule has 56 heavy (non-hydrogen) atoms. The van der Waals surface area contributed by atoms with Crippen LogP contribution in [-0.2, 0) is 30.8 Å². The number of hydrogen-bond acceptors (Lipinski definition) is 6. The Bertz CT molecular complexity index is 2050. The number of ether oxygens (including phenoxy) is 1. The van der Waals surface area contributed by atoms with Crippen LogP contribution in [0.2, 0.25) is 0 Å². The lowest BCUT2D eigenvalue weighted by molar-refractivity contribution is 0.0355. The lowest BCUT2D eigenvalue weighted by Gasteiger charge is -2.32. The molecule has 5 rings (SSSR count). The normalized spacial score (nSPS) is 13.3. The molecule has 0 spiro atoms. The second-order valence-corrected chi connectivity index (χ2v) is 15.6. The second kappa shape index (κ2) is 19.5. The SMILES string of the molecule is C=CCN1Cc2c(F)cc(F)cc2C(F)(F)c2c(C)c(C)c(F)c(F)c2S1.C=Cc1ccc(N(C)Cc2cc(CCC)cc(C(C)(C)C)c2)c(OC)c1.CN=O. The number of alkyl halides is 2. The van der Waals surface area contributed by atoms with Crippen LogP contribution in [-0.4, -0.2) is 32.1 Å². The van der Waals surface area contributed by atoms with Gasteiger partial charge in [0.25, 0.3) is 5.92 Å². The summed E-state index contributed by atoms with van der Waals surface area (Å²) >= 11 is 0.565. The van der Waals surface area contributed by atoms with Crippen molar-refractivity contribution in [3.63, 3.8) is 0 Å². The summed E-state index contributed by atoms with van der Waals surface area (Å²) in [5, 5.41) is 2.25. The summed E-state index contributed by atoms with van der Waals surface area (Å²) in [6.45, 7) is 19.4. The van der Waals surface area contributed by atoms with Crippen LogP contribution < -0.4 is 9.64 Å². The third kappa shape index (κ3) is 10.6. The van der Waals surface area contributed by atoms with E-state index in [-0.39, 0.29) is 29.6 Å². The maximum atomic E-state index is 15.4. The van der Waals surface area contributed by atoms with E-state index in [0.717, 1.165) is 30.0 Å². The van der Waals surface area contributed by atoms with Gasteiger partial charge in [0.05, 0.1) is 24.7 Å². The highest BCUT2D eigenvalue weighted by Crippen LogP contribution is 2.49. The van der Waals surface area contributed by atoms with Crippen molar-refractivity contribution in [1.29, 1.82) is 0 Å². The molecule has 12 heteroatoms. The molecule has 5 nitrogen and oxygen atoms in total. The number of methoxy groups -OCH3 is 1. The number of rotatable bonds is 9. The van der Waals surface area contributed by atoms with E-state index in [4.69, 9.17) is 9.64 Å². The van der Waals surface area contributed by atoms with Gasteiger partial charge >= 0.3 is 0 Å². The number of nitroso groups, excluding NO2 is 1. The number of nitrogens with zero attached hydrogens (tertiary/aromatic N) is 3. The molecular formula is C44H51F6N3O2S. The predicted molar refractivity (Wildman–Crippen MR) is 218 cm³/mol. The molecule has 0 atom stereocenters. The maximum Gasteiger partial charge on any atom is 0.300 e. The summed E-state index contributed by atoms with van der Waals surface area (Å²) in [5.41, 5.74) is 3.96. The first-order valence-electron chi connectivity index (χ1n) is 18.0. The van der Waals surface area contributed by atoms with Gasteiger partial charge in [-0.3, -0.25) is 0 Å². The van der Waals surface area contributed by atoms with Crippen molar-refractivity contribution in [1.82, 2.24) is 4.31 Å². The molecule has 0 bridgehead atoms. The van der Waals surface area contributed by atoms with E-state index in [1.54, 1.807) is 7.11 Å². The number of halogens is 6. The molecule has 0 unspecified atom stereocenters. The van der Waals surface area contributed by atoms with Crippen molar-refractivity contribution in [2.75, 3.05) is 32.6 Å². The molecule has 4 aromatic carbocycles. The van der Waals surface area contributed by atoms with Gasteiger partial charge in [-0.05, 0) is 89.2 Å². The second-order valence-electron chi connectivity index (χ2n) is 14.5. The van der Waals surface area contributed by atoms with Crippen molar-refractivity contribution >= 4 is 23.7 Å². The largest absolute Gasteiger partial charge is 0.495 e. The highest BCUT2D eigenvalue weighted by Gasteiger charge is 2.45. The molecule has 1 aliphatic rings. The highest BCUT2D eigenvalue weighted by molar-refractivity contribution is 7.97. The van der Waals surface area contributed by atoms with Gasteiger partial charge in [0, 0.05) is 49.4 Å². The Morgan fingerprint density at radius 1 is 0.982 bits per heavy atom. The molecule has 0 fully saturated rings. The number of fused-ring (bicyclic) bond motifs is 2. The van der Waals surface area contributed by atoms with Gasteiger partial charge in [-0.25, -0.2) is 21.9 Å². The summed E-state index contributed by atoms with van der Waals surface area (Å²) < 4.78 is 94.6. The smallest absolute Gasteiger partial charge is 0.300 e. The van der Waals surface area contributed by atoms with Crippen LogP contribution >= 0.6 is 11.9 Å². The van der Waals surface area contributed by atoms with E-state index >= 15 is 8.78 Å². The van der Waals surface area contributed by atoms with Crippen molar-refractivity contribution < 1.29 is 31.1 Å². The van der Waals surface area contributed by atoms with E-state index < -0.39 is 50.8 Å². The first kappa shape index (κ1) is 45.8. The molecule has 1 heterocycles. The Morgan fingerprint density at radius 2 is 1.62 bits per heavy atom. The molecule has 0 aromatic heterocycles. The molecule has 0 saturated carbocycles. The number of aryl methyl sites for hydroxylation is 1. The topological polar surface area (TPSA) is 45.1 Å².